The molecule has 2 N–H and O–H groups in total. The lowest BCUT2D eigenvalue weighted by molar-refractivity contribution is -0.120. The first-order valence-electron chi connectivity index (χ1n) is 9.05. The molecule has 4 nitrogen and oxygen atoms in total. The van der Waals surface area contributed by atoms with Gasteiger partial charge in [0.15, 0.2) is 0 Å². The summed E-state index contributed by atoms with van der Waals surface area (Å²) in [5.74, 6) is 0.714. The van der Waals surface area contributed by atoms with E-state index in [-0.39, 0.29) is 11.8 Å². The predicted octanol–water partition coefficient (Wildman–Crippen LogP) is 4.73. The quantitative estimate of drug-likeness (QED) is 0.502. The largest absolute Gasteiger partial charge is 0.351 e. The number of nitrogens with one attached hydrogen (secondary N) is 2. The van der Waals surface area contributed by atoms with E-state index >= 15 is 0 Å². The standard InChI is InChI=1S/C22H22N2O2S2/c25-21(12-14-28-19-5-2-1-3-6-19)24-18-10-8-17(9-11-18)15-22(26)23-16-20-7-4-13-27-20/h1-11,13H,12,14-16H2,(H,23,26)(H,24,25). The van der Waals surface area contributed by atoms with Gasteiger partial charge in [-0.2, -0.15) is 0 Å². The van der Waals surface area contributed by atoms with Crippen LogP contribution in [0.4, 0.5) is 5.69 Å². The Kier molecular flexibility index (Phi) is 7.70. The van der Waals surface area contributed by atoms with Crippen LogP contribution in [0, 0.1) is 0 Å². The van der Waals surface area contributed by atoms with E-state index in [4.69, 9.17) is 0 Å². The molecule has 0 saturated carbocycles. The zero-order chi connectivity index (χ0) is 19.6. The van der Waals surface area contributed by atoms with Crippen molar-refractivity contribution >= 4 is 40.6 Å². The molecule has 0 aliphatic carbocycles. The van der Waals surface area contributed by atoms with Crippen LogP contribution in [0.15, 0.2) is 77.0 Å². The number of thioether (sulfide) groups is 1. The molecule has 0 unspecified atom stereocenters. The van der Waals surface area contributed by atoms with Gasteiger partial charge in [-0.1, -0.05) is 36.4 Å². The molecule has 0 aliphatic rings. The highest BCUT2D eigenvalue weighted by Crippen LogP contribution is 2.18. The number of benzene rings is 2. The third-order valence-corrected chi connectivity index (χ3v) is 5.87. The van der Waals surface area contributed by atoms with E-state index < -0.39 is 0 Å². The summed E-state index contributed by atoms with van der Waals surface area (Å²) in [5.41, 5.74) is 1.67. The summed E-state index contributed by atoms with van der Waals surface area (Å²) in [7, 11) is 0. The van der Waals surface area contributed by atoms with E-state index in [0.717, 1.165) is 26.8 Å². The monoisotopic (exact) mass is 410 g/mol. The van der Waals surface area contributed by atoms with Crippen molar-refractivity contribution < 1.29 is 9.59 Å². The summed E-state index contributed by atoms with van der Waals surface area (Å²) in [6, 6.07) is 21.4. The molecule has 0 fully saturated rings. The van der Waals surface area contributed by atoms with E-state index in [1.54, 1.807) is 23.1 Å². The van der Waals surface area contributed by atoms with Gasteiger partial charge in [0.25, 0.3) is 0 Å². The topological polar surface area (TPSA) is 58.2 Å². The van der Waals surface area contributed by atoms with Crippen LogP contribution in [0.25, 0.3) is 0 Å². The first kappa shape index (κ1) is 20.2. The Hall–Kier alpha value is -2.57. The van der Waals surface area contributed by atoms with Crippen LogP contribution in [0.3, 0.4) is 0 Å². The third kappa shape index (κ3) is 6.87. The Balaban J connectivity index is 1.38. The fourth-order valence-electron chi connectivity index (χ4n) is 2.55. The molecular weight excluding hydrogens is 388 g/mol. The number of carbonyl (C=O) groups excluding carboxylic acids is 2. The van der Waals surface area contributed by atoms with Gasteiger partial charge in [0, 0.05) is 27.6 Å². The zero-order valence-corrected chi connectivity index (χ0v) is 17.0. The Morgan fingerprint density at radius 2 is 1.68 bits per heavy atom. The maximum Gasteiger partial charge on any atom is 0.225 e. The number of thiophene rings is 1. The lowest BCUT2D eigenvalue weighted by atomic mass is 10.1. The van der Waals surface area contributed by atoms with Crippen molar-refractivity contribution in [1.29, 1.82) is 0 Å². The molecule has 2 aromatic carbocycles. The number of hydrogen-bond donors (Lipinski definition) is 2. The molecule has 6 heteroatoms. The lowest BCUT2D eigenvalue weighted by Gasteiger charge is -2.07. The summed E-state index contributed by atoms with van der Waals surface area (Å²) < 4.78 is 0. The molecule has 0 radical (unpaired) electrons. The zero-order valence-electron chi connectivity index (χ0n) is 15.4. The fourth-order valence-corrected chi connectivity index (χ4v) is 4.07. The van der Waals surface area contributed by atoms with E-state index in [2.05, 4.69) is 10.6 Å². The molecule has 1 heterocycles. The molecule has 3 aromatic rings. The number of rotatable bonds is 9. The van der Waals surface area contributed by atoms with Crippen LogP contribution in [0.1, 0.15) is 16.9 Å². The molecule has 2 amide bonds. The first-order valence-corrected chi connectivity index (χ1v) is 10.9. The van der Waals surface area contributed by atoms with Crippen molar-refractivity contribution in [2.45, 2.75) is 24.3 Å². The Bertz CT molecular complexity index is 879. The highest BCUT2D eigenvalue weighted by molar-refractivity contribution is 7.99. The minimum atomic E-state index is -0.0110. The molecule has 0 aliphatic heterocycles. The van der Waals surface area contributed by atoms with Crippen molar-refractivity contribution in [3.63, 3.8) is 0 Å². The maximum atomic E-state index is 12.1. The van der Waals surface area contributed by atoms with Gasteiger partial charge >= 0.3 is 0 Å². The van der Waals surface area contributed by atoms with E-state index in [1.165, 1.54) is 0 Å². The Morgan fingerprint density at radius 1 is 0.893 bits per heavy atom. The van der Waals surface area contributed by atoms with Crippen molar-refractivity contribution in [3.05, 3.63) is 82.6 Å². The van der Waals surface area contributed by atoms with Gasteiger partial charge in [0.2, 0.25) is 11.8 Å². The smallest absolute Gasteiger partial charge is 0.225 e. The molecule has 144 valence electrons. The Labute approximate surface area is 173 Å². The molecule has 0 bridgehead atoms. The minimum Gasteiger partial charge on any atom is -0.351 e. The molecule has 28 heavy (non-hydrogen) atoms. The second-order valence-corrected chi connectivity index (χ2v) is 8.39. The average molecular weight is 411 g/mol. The number of anilines is 1. The van der Waals surface area contributed by atoms with Crippen LogP contribution in [0.2, 0.25) is 0 Å². The van der Waals surface area contributed by atoms with Crippen LogP contribution >= 0.6 is 23.1 Å². The van der Waals surface area contributed by atoms with Crippen LogP contribution in [-0.4, -0.2) is 17.6 Å². The fraction of sp³-hybridized carbons (Fsp3) is 0.182. The highest BCUT2D eigenvalue weighted by atomic mass is 32.2. The maximum absolute atomic E-state index is 12.1. The van der Waals surface area contributed by atoms with Crippen molar-refractivity contribution in [1.82, 2.24) is 5.32 Å². The van der Waals surface area contributed by atoms with Gasteiger partial charge in [0.05, 0.1) is 13.0 Å². The molecule has 1 aromatic heterocycles. The van der Waals surface area contributed by atoms with Crippen LogP contribution < -0.4 is 10.6 Å². The molecule has 3 rings (SSSR count). The van der Waals surface area contributed by atoms with E-state index in [9.17, 15) is 9.59 Å². The number of carbonyl (C=O) groups is 2. The number of hydrogen-bond acceptors (Lipinski definition) is 4. The molecule has 0 atom stereocenters. The van der Waals surface area contributed by atoms with Gasteiger partial charge in [0.1, 0.15) is 0 Å². The Morgan fingerprint density at radius 3 is 2.39 bits per heavy atom. The van der Waals surface area contributed by atoms with Crippen molar-refractivity contribution in [3.8, 4) is 0 Å². The van der Waals surface area contributed by atoms with Gasteiger partial charge in [-0.25, -0.2) is 0 Å². The average Bonchev–Trinajstić information content (AvgIpc) is 3.22. The second kappa shape index (κ2) is 10.7. The summed E-state index contributed by atoms with van der Waals surface area (Å²) >= 11 is 3.29. The highest BCUT2D eigenvalue weighted by Gasteiger charge is 2.06. The van der Waals surface area contributed by atoms with E-state index in [0.29, 0.717) is 19.4 Å². The second-order valence-electron chi connectivity index (χ2n) is 6.19. The predicted molar refractivity (Wildman–Crippen MR) is 117 cm³/mol. The SMILES string of the molecule is O=C(Cc1ccc(NC(=O)CCSc2ccccc2)cc1)NCc1cccs1. The van der Waals surface area contributed by atoms with Gasteiger partial charge in [-0.15, -0.1) is 23.1 Å². The van der Waals surface area contributed by atoms with Crippen molar-refractivity contribution in [2.75, 3.05) is 11.1 Å². The summed E-state index contributed by atoms with van der Waals surface area (Å²) in [6.07, 6.45) is 0.778. The third-order valence-electron chi connectivity index (χ3n) is 3.98. The van der Waals surface area contributed by atoms with Gasteiger partial charge < -0.3 is 10.6 Å². The van der Waals surface area contributed by atoms with Crippen LogP contribution in [-0.2, 0) is 22.6 Å². The van der Waals surface area contributed by atoms with Crippen LogP contribution in [0.5, 0.6) is 0 Å². The number of amides is 2. The first-order chi connectivity index (χ1) is 13.7. The molecule has 0 saturated heterocycles. The van der Waals surface area contributed by atoms with E-state index in [1.807, 2.05) is 72.1 Å². The van der Waals surface area contributed by atoms with Gasteiger partial charge in [-0.05, 0) is 41.3 Å². The minimum absolute atomic E-state index is 0.00938. The molecule has 0 spiro atoms. The van der Waals surface area contributed by atoms with Crippen molar-refractivity contribution in [2.24, 2.45) is 0 Å². The normalized spacial score (nSPS) is 10.4. The van der Waals surface area contributed by atoms with Gasteiger partial charge in [-0.3, -0.25) is 9.59 Å². The lowest BCUT2D eigenvalue weighted by Crippen LogP contribution is -2.24. The summed E-state index contributed by atoms with van der Waals surface area (Å²) in [5, 5.41) is 7.81. The summed E-state index contributed by atoms with van der Waals surface area (Å²) in [6.45, 7) is 0.561. The molecular formula is C22H22N2O2S2. The summed E-state index contributed by atoms with van der Waals surface area (Å²) in [4.78, 5) is 26.4.